The van der Waals surface area contributed by atoms with Gasteiger partial charge in [-0.05, 0) is 30.3 Å². The molecule has 0 unspecified atom stereocenters. The molecule has 0 radical (unpaired) electrons. The van der Waals surface area contributed by atoms with Crippen LogP contribution in [0.3, 0.4) is 0 Å². The van der Waals surface area contributed by atoms with Gasteiger partial charge in [-0.1, -0.05) is 26.0 Å². The summed E-state index contributed by atoms with van der Waals surface area (Å²) >= 11 is 0. The Morgan fingerprint density at radius 3 is 2.38 bits per heavy atom. The van der Waals surface area contributed by atoms with Crippen LogP contribution in [-0.2, 0) is 16.6 Å². The lowest BCUT2D eigenvalue weighted by molar-refractivity contribution is 0.0627. The average Bonchev–Trinajstić information content (AvgIpc) is 2.75. The second-order valence-electron chi connectivity index (χ2n) is 7.01. The molecule has 0 aliphatic carbocycles. The van der Waals surface area contributed by atoms with Crippen LogP contribution in [0.1, 0.15) is 29.9 Å². The van der Waals surface area contributed by atoms with Crippen molar-refractivity contribution < 1.29 is 13.2 Å². The lowest BCUT2D eigenvalue weighted by atomic mass is 10.2. The molecular weight excluding hydrogens is 388 g/mol. The summed E-state index contributed by atoms with van der Waals surface area (Å²) in [5, 5.41) is 0. The van der Waals surface area contributed by atoms with E-state index in [-0.39, 0.29) is 10.8 Å². The van der Waals surface area contributed by atoms with Gasteiger partial charge in [0.1, 0.15) is 0 Å². The smallest absolute Gasteiger partial charge is 0.253 e. The lowest BCUT2D eigenvalue weighted by Crippen LogP contribution is -2.48. The van der Waals surface area contributed by atoms with E-state index in [1.165, 1.54) is 10.4 Å². The molecule has 2 aromatic rings. The van der Waals surface area contributed by atoms with Gasteiger partial charge in [0, 0.05) is 57.6 Å². The van der Waals surface area contributed by atoms with E-state index in [1.807, 2.05) is 18.2 Å². The number of pyridine rings is 1. The molecule has 3 rings (SSSR count). The van der Waals surface area contributed by atoms with Gasteiger partial charge in [0.15, 0.2) is 0 Å². The molecule has 2 heterocycles. The van der Waals surface area contributed by atoms with Crippen LogP contribution in [-0.4, -0.2) is 72.7 Å². The van der Waals surface area contributed by atoms with Crippen molar-refractivity contribution in [2.45, 2.75) is 25.3 Å². The second kappa shape index (κ2) is 9.47. The summed E-state index contributed by atoms with van der Waals surface area (Å²) in [4.78, 5) is 21.5. The minimum absolute atomic E-state index is 0.126. The Morgan fingerprint density at radius 2 is 1.76 bits per heavy atom. The predicted molar refractivity (Wildman–Crippen MR) is 112 cm³/mol. The quantitative estimate of drug-likeness (QED) is 0.691. The number of piperazine rings is 1. The fourth-order valence-corrected chi connectivity index (χ4v) is 5.02. The zero-order chi connectivity index (χ0) is 20.9. The molecule has 0 bridgehead atoms. The largest absolute Gasteiger partial charge is 0.336 e. The molecule has 1 saturated heterocycles. The molecule has 0 spiro atoms. The van der Waals surface area contributed by atoms with E-state index in [4.69, 9.17) is 0 Å². The van der Waals surface area contributed by atoms with Crippen LogP contribution in [0.15, 0.2) is 53.6 Å². The van der Waals surface area contributed by atoms with Crippen LogP contribution in [0.4, 0.5) is 0 Å². The molecule has 0 N–H and O–H groups in total. The summed E-state index contributed by atoms with van der Waals surface area (Å²) in [6, 6.07) is 12.2. The number of benzene rings is 1. The van der Waals surface area contributed by atoms with Gasteiger partial charge in [-0.3, -0.25) is 14.7 Å². The maximum Gasteiger partial charge on any atom is 0.253 e. The summed E-state index contributed by atoms with van der Waals surface area (Å²) in [5.41, 5.74) is 1.43. The Morgan fingerprint density at radius 1 is 1.03 bits per heavy atom. The molecule has 1 amide bonds. The number of carbonyl (C=O) groups is 1. The van der Waals surface area contributed by atoms with Crippen molar-refractivity contribution in [1.29, 1.82) is 0 Å². The standard InChI is InChI=1S/C21H28N4O3S/c1-3-25(4-2)29(27,28)20-10-7-8-18(16-20)21(26)24-14-12-23(13-15-24)17-19-9-5-6-11-22-19/h5-11,16H,3-4,12-15,17H2,1-2H3. The van der Waals surface area contributed by atoms with Crippen LogP contribution in [0, 0.1) is 0 Å². The Hall–Kier alpha value is -2.29. The minimum atomic E-state index is -3.58. The Bertz CT molecular complexity index is 922. The van der Waals surface area contributed by atoms with Gasteiger partial charge in [-0.15, -0.1) is 0 Å². The average molecular weight is 417 g/mol. The molecule has 0 atom stereocenters. The number of hydrogen-bond donors (Lipinski definition) is 0. The van der Waals surface area contributed by atoms with E-state index in [9.17, 15) is 13.2 Å². The molecule has 156 valence electrons. The van der Waals surface area contributed by atoms with Gasteiger partial charge in [-0.2, -0.15) is 4.31 Å². The predicted octanol–water partition coefficient (Wildman–Crippen LogP) is 2.07. The summed E-state index contributed by atoms with van der Waals surface area (Å²) in [6.07, 6.45) is 1.79. The molecule has 1 aliphatic heterocycles. The van der Waals surface area contributed by atoms with Crippen molar-refractivity contribution in [2.24, 2.45) is 0 Å². The number of carbonyl (C=O) groups excluding carboxylic acids is 1. The number of rotatable bonds is 7. The third-order valence-corrected chi connectivity index (χ3v) is 7.24. The topological polar surface area (TPSA) is 73.8 Å². The number of nitrogens with zero attached hydrogens (tertiary/aromatic N) is 4. The first-order valence-electron chi connectivity index (χ1n) is 9.97. The Kier molecular flexibility index (Phi) is 7.00. The van der Waals surface area contributed by atoms with E-state index in [0.29, 0.717) is 31.7 Å². The first-order valence-corrected chi connectivity index (χ1v) is 11.4. The fraction of sp³-hybridized carbons (Fsp3) is 0.429. The summed E-state index contributed by atoms with van der Waals surface area (Å²) in [5.74, 6) is -0.126. The fourth-order valence-electron chi connectivity index (χ4n) is 3.51. The van der Waals surface area contributed by atoms with Crippen LogP contribution in [0.25, 0.3) is 0 Å². The highest BCUT2D eigenvalue weighted by atomic mass is 32.2. The van der Waals surface area contributed by atoms with Gasteiger partial charge >= 0.3 is 0 Å². The molecule has 1 fully saturated rings. The van der Waals surface area contributed by atoms with Crippen LogP contribution in [0.2, 0.25) is 0 Å². The van der Waals surface area contributed by atoms with Gasteiger partial charge in [-0.25, -0.2) is 8.42 Å². The van der Waals surface area contributed by atoms with E-state index in [2.05, 4.69) is 9.88 Å². The van der Waals surface area contributed by atoms with Gasteiger partial charge in [0.25, 0.3) is 5.91 Å². The summed E-state index contributed by atoms with van der Waals surface area (Å²) < 4.78 is 26.9. The summed E-state index contributed by atoms with van der Waals surface area (Å²) in [7, 11) is -3.58. The third-order valence-electron chi connectivity index (χ3n) is 5.20. The number of hydrogen-bond acceptors (Lipinski definition) is 5. The number of aromatic nitrogens is 1. The number of amides is 1. The van der Waals surface area contributed by atoms with Crippen molar-refractivity contribution in [3.63, 3.8) is 0 Å². The lowest BCUT2D eigenvalue weighted by Gasteiger charge is -2.34. The van der Waals surface area contributed by atoms with Crippen LogP contribution >= 0.6 is 0 Å². The van der Waals surface area contributed by atoms with Crippen molar-refractivity contribution in [3.8, 4) is 0 Å². The van der Waals surface area contributed by atoms with E-state index in [0.717, 1.165) is 25.3 Å². The SMILES string of the molecule is CCN(CC)S(=O)(=O)c1cccc(C(=O)N2CCN(Cc3ccccn3)CC2)c1. The van der Waals surface area contributed by atoms with Gasteiger partial charge in [0.05, 0.1) is 10.6 Å². The highest BCUT2D eigenvalue weighted by Crippen LogP contribution is 2.19. The number of sulfonamides is 1. The van der Waals surface area contributed by atoms with E-state index < -0.39 is 10.0 Å². The van der Waals surface area contributed by atoms with Crippen LogP contribution in [0.5, 0.6) is 0 Å². The van der Waals surface area contributed by atoms with Crippen molar-refractivity contribution in [3.05, 3.63) is 59.9 Å². The maximum absolute atomic E-state index is 12.9. The van der Waals surface area contributed by atoms with Crippen molar-refractivity contribution in [2.75, 3.05) is 39.3 Å². The molecule has 1 aromatic carbocycles. The first kappa shape index (κ1) is 21.4. The Balaban J connectivity index is 1.66. The first-order chi connectivity index (χ1) is 14.0. The third kappa shape index (κ3) is 5.01. The molecule has 8 heteroatoms. The Labute approximate surface area is 173 Å². The molecule has 29 heavy (non-hydrogen) atoms. The second-order valence-corrected chi connectivity index (χ2v) is 8.94. The molecular formula is C21H28N4O3S. The zero-order valence-electron chi connectivity index (χ0n) is 17.0. The zero-order valence-corrected chi connectivity index (χ0v) is 17.8. The summed E-state index contributed by atoms with van der Waals surface area (Å²) in [6.45, 7) is 7.92. The molecule has 1 aromatic heterocycles. The monoisotopic (exact) mass is 416 g/mol. The van der Waals surface area contributed by atoms with Gasteiger partial charge in [0.2, 0.25) is 10.0 Å². The van der Waals surface area contributed by atoms with Crippen LogP contribution < -0.4 is 0 Å². The van der Waals surface area contributed by atoms with Crippen molar-refractivity contribution >= 4 is 15.9 Å². The maximum atomic E-state index is 12.9. The minimum Gasteiger partial charge on any atom is -0.336 e. The molecule has 7 nitrogen and oxygen atoms in total. The highest BCUT2D eigenvalue weighted by molar-refractivity contribution is 7.89. The molecule has 0 saturated carbocycles. The normalized spacial score (nSPS) is 15.6. The highest BCUT2D eigenvalue weighted by Gasteiger charge is 2.25. The van der Waals surface area contributed by atoms with Crippen molar-refractivity contribution in [1.82, 2.24) is 19.1 Å². The van der Waals surface area contributed by atoms with E-state index in [1.54, 1.807) is 43.1 Å². The van der Waals surface area contributed by atoms with Gasteiger partial charge < -0.3 is 4.90 Å². The molecule has 1 aliphatic rings. The van der Waals surface area contributed by atoms with E-state index >= 15 is 0 Å².